The predicted octanol–water partition coefficient (Wildman–Crippen LogP) is 9.19. The van der Waals surface area contributed by atoms with Crippen molar-refractivity contribution in [3.05, 3.63) is 137 Å². The zero-order chi connectivity index (χ0) is 28.8. The van der Waals surface area contributed by atoms with Gasteiger partial charge in [0.1, 0.15) is 0 Å². The zero-order valence-electron chi connectivity index (χ0n) is 23.9. The number of nitrogens with zero attached hydrogens (tertiary/aromatic N) is 3. The first kappa shape index (κ1) is 26.4. The summed E-state index contributed by atoms with van der Waals surface area (Å²) in [5.74, 6) is 0. The smallest absolute Gasteiger partial charge is 0.0992 e. The average Bonchev–Trinajstić information content (AvgIpc) is 3.68. The van der Waals surface area contributed by atoms with E-state index in [0.717, 1.165) is 49.3 Å². The number of anilines is 1. The summed E-state index contributed by atoms with van der Waals surface area (Å²) in [7, 11) is 0. The molecule has 0 radical (unpaired) electrons. The van der Waals surface area contributed by atoms with E-state index in [1.807, 2.05) is 23.3 Å². The molecule has 8 rings (SSSR count). The van der Waals surface area contributed by atoms with E-state index in [4.69, 9.17) is 4.74 Å². The lowest BCUT2D eigenvalue weighted by Gasteiger charge is -2.34. The number of aromatic nitrogens is 2. The highest BCUT2D eigenvalue weighted by Crippen LogP contribution is 2.48. The molecule has 5 heteroatoms. The maximum absolute atomic E-state index is 5.86. The zero-order valence-corrected chi connectivity index (χ0v) is 25.5. The van der Waals surface area contributed by atoms with Gasteiger partial charge in [-0.15, -0.1) is 0 Å². The van der Waals surface area contributed by atoms with Gasteiger partial charge in [0.05, 0.1) is 12.0 Å². The van der Waals surface area contributed by atoms with Crippen LogP contribution in [0.3, 0.4) is 0 Å². The molecule has 2 aliphatic heterocycles. The second-order valence-corrected chi connectivity index (χ2v) is 12.7. The van der Waals surface area contributed by atoms with E-state index in [9.17, 15) is 0 Å². The molecule has 0 saturated carbocycles. The van der Waals surface area contributed by atoms with Gasteiger partial charge < -0.3 is 14.2 Å². The van der Waals surface area contributed by atoms with Crippen LogP contribution in [0.2, 0.25) is 0 Å². The third-order valence-electron chi connectivity index (χ3n) is 9.34. The van der Waals surface area contributed by atoms with E-state index in [-0.39, 0.29) is 5.41 Å². The van der Waals surface area contributed by atoms with Crippen LogP contribution in [-0.4, -0.2) is 29.3 Å². The molecular formula is C38H32BrN3O. The Bertz CT molecular complexity index is 1920. The van der Waals surface area contributed by atoms with Crippen LogP contribution in [0.25, 0.3) is 38.7 Å². The number of fused-ring (bicyclic) bond motifs is 3. The lowest BCUT2D eigenvalue weighted by Crippen LogP contribution is -2.38. The Kier molecular flexibility index (Phi) is 6.65. The summed E-state index contributed by atoms with van der Waals surface area (Å²) in [6.07, 6.45) is 7.73. The van der Waals surface area contributed by atoms with Crippen molar-refractivity contribution >= 4 is 32.4 Å². The maximum atomic E-state index is 5.86. The molecule has 43 heavy (non-hydrogen) atoms. The largest absolute Gasteiger partial charge is 0.381 e. The van der Waals surface area contributed by atoms with E-state index in [1.54, 1.807) is 0 Å². The first-order valence-corrected chi connectivity index (χ1v) is 15.8. The van der Waals surface area contributed by atoms with Crippen LogP contribution in [0.5, 0.6) is 0 Å². The molecule has 0 bridgehead atoms. The van der Waals surface area contributed by atoms with Crippen molar-refractivity contribution in [2.75, 3.05) is 24.7 Å². The Balaban J connectivity index is 1.11. The molecule has 0 aliphatic carbocycles. The van der Waals surface area contributed by atoms with Crippen LogP contribution in [0.1, 0.15) is 24.0 Å². The molecule has 1 fully saturated rings. The van der Waals surface area contributed by atoms with Crippen molar-refractivity contribution in [3.8, 4) is 27.9 Å². The molecule has 212 valence electrons. The van der Waals surface area contributed by atoms with E-state index >= 15 is 0 Å². The van der Waals surface area contributed by atoms with Crippen LogP contribution in [-0.2, 0) is 16.7 Å². The quantitative estimate of drug-likeness (QED) is 0.191. The standard InChI is InChI=1S/C38H32BrN3O/c39-35-22-27(8-14-37(35)41-19-18-40-26-41)24-42-25-38(16-20-43-21-17-38)34-23-31(13-15-36(34)42)28-9-11-30(12-10-28)33-7-3-5-29-4-1-2-6-32(29)33/h1-15,18-19,22-23,26H,16-17,20-21,24-25H2. The second-order valence-electron chi connectivity index (χ2n) is 11.8. The number of ether oxygens (including phenoxy) is 1. The molecule has 5 aromatic carbocycles. The summed E-state index contributed by atoms with van der Waals surface area (Å²) in [6.45, 7) is 3.54. The predicted molar refractivity (Wildman–Crippen MR) is 179 cm³/mol. The highest BCUT2D eigenvalue weighted by molar-refractivity contribution is 9.10. The third kappa shape index (κ3) is 4.77. The Morgan fingerprint density at radius 2 is 1.53 bits per heavy atom. The number of rotatable bonds is 5. The van der Waals surface area contributed by atoms with Gasteiger partial charge in [0.15, 0.2) is 0 Å². The molecule has 2 aliphatic rings. The monoisotopic (exact) mass is 625 g/mol. The molecule has 1 saturated heterocycles. The van der Waals surface area contributed by atoms with Crippen molar-refractivity contribution in [3.63, 3.8) is 0 Å². The van der Waals surface area contributed by atoms with Gasteiger partial charge in [-0.05, 0) is 97.2 Å². The van der Waals surface area contributed by atoms with Crippen LogP contribution < -0.4 is 4.90 Å². The van der Waals surface area contributed by atoms with Crippen molar-refractivity contribution in [2.24, 2.45) is 0 Å². The van der Waals surface area contributed by atoms with Gasteiger partial charge in [0.25, 0.3) is 0 Å². The Labute approximate surface area is 260 Å². The Hall–Kier alpha value is -4.19. The molecule has 6 aromatic rings. The minimum atomic E-state index is 0.125. The third-order valence-corrected chi connectivity index (χ3v) is 9.97. The molecule has 0 atom stereocenters. The van der Waals surface area contributed by atoms with Crippen LogP contribution in [0.15, 0.2) is 126 Å². The summed E-state index contributed by atoms with van der Waals surface area (Å²) in [6, 6.07) is 38.0. The van der Waals surface area contributed by atoms with Crippen molar-refractivity contribution in [2.45, 2.75) is 24.8 Å². The molecule has 1 spiro atoms. The minimum Gasteiger partial charge on any atom is -0.381 e. The van der Waals surface area contributed by atoms with Gasteiger partial charge in [-0.1, -0.05) is 78.9 Å². The molecule has 4 nitrogen and oxygen atoms in total. The summed E-state index contributed by atoms with van der Waals surface area (Å²) in [5.41, 5.74) is 10.4. The minimum absolute atomic E-state index is 0.125. The SMILES string of the molecule is Brc1cc(CN2CC3(CCOCC3)c3cc(-c4ccc(-c5cccc6ccccc56)cc4)ccc32)ccc1-n1ccnc1. The van der Waals surface area contributed by atoms with Gasteiger partial charge in [-0.3, -0.25) is 0 Å². The van der Waals surface area contributed by atoms with Crippen molar-refractivity contribution in [1.29, 1.82) is 0 Å². The molecule has 0 N–H and O–H groups in total. The molecule has 3 heterocycles. The topological polar surface area (TPSA) is 30.3 Å². The highest BCUT2D eigenvalue weighted by Gasteiger charge is 2.43. The van der Waals surface area contributed by atoms with Crippen molar-refractivity contribution in [1.82, 2.24) is 9.55 Å². The van der Waals surface area contributed by atoms with E-state index < -0.39 is 0 Å². The lowest BCUT2D eigenvalue weighted by molar-refractivity contribution is 0.0553. The number of halogens is 1. The van der Waals surface area contributed by atoms with Crippen LogP contribution >= 0.6 is 15.9 Å². The highest BCUT2D eigenvalue weighted by atomic mass is 79.9. The van der Waals surface area contributed by atoms with Crippen LogP contribution in [0, 0.1) is 0 Å². The number of imidazole rings is 1. The van der Waals surface area contributed by atoms with Gasteiger partial charge >= 0.3 is 0 Å². The van der Waals surface area contributed by atoms with E-state index in [2.05, 4.69) is 129 Å². The Morgan fingerprint density at radius 1 is 0.767 bits per heavy atom. The summed E-state index contributed by atoms with van der Waals surface area (Å²) in [4.78, 5) is 6.78. The lowest BCUT2D eigenvalue weighted by atomic mass is 9.75. The fraction of sp³-hybridized carbons (Fsp3) is 0.184. The summed E-state index contributed by atoms with van der Waals surface area (Å²) in [5, 5.41) is 2.57. The second kappa shape index (κ2) is 10.8. The average molecular weight is 627 g/mol. The number of hydrogen-bond donors (Lipinski definition) is 0. The number of benzene rings is 5. The summed E-state index contributed by atoms with van der Waals surface area (Å²) < 4.78 is 8.97. The van der Waals surface area contributed by atoms with Gasteiger partial charge in [0, 0.05) is 54.3 Å². The molecule has 1 aromatic heterocycles. The fourth-order valence-electron chi connectivity index (χ4n) is 7.08. The van der Waals surface area contributed by atoms with Gasteiger partial charge in [-0.25, -0.2) is 4.98 Å². The molecular weight excluding hydrogens is 594 g/mol. The van der Waals surface area contributed by atoms with E-state index in [0.29, 0.717) is 0 Å². The maximum Gasteiger partial charge on any atom is 0.0992 e. The van der Waals surface area contributed by atoms with Crippen molar-refractivity contribution < 1.29 is 4.74 Å². The Morgan fingerprint density at radius 3 is 2.35 bits per heavy atom. The summed E-state index contributed by atoms with van der Waals surface area (Å²) >= 11 is 3.80. The van der Waals surface area contributed by atoms with Gasteiger partial charge in [0.2, 0.25) is 0 Å². The fourth-order valence-corrected chi connectivity index (χ4v) is 7.71. The number of hydrogen-bond acceptors (Lipinski definition) is 3. The normalized spacial score (nSPS) is 15.7. The van der Waals surface area contributed by atoms with E-state index in [1.165, 1.54) is 49.8 Å². The first-order valence-electron chi connectivity index (χ1n) is 15.0. The van der Waals surface area contributed by atoms with Crippen LogP contribution in [0.4, 0.5) is 5.69 Å². The van der Waals surface area contributed by atoms with Gasteiger partial charge in [-0.2, -0.15) is 0 Å². The first-order chi connectivity index (χ1) is 21.2. The molecule has 0 amide bonds. The molecule has 0 unspecified atom stereocenters.